The average molecular weight is 271 g/mol. The third kappa shape index (κ3) is 10.4. The third-order valence-corrected chi connectivity index (χ3v) is 4.27. The fourth-order valence-electron chi connectivity index (χ4n) is 2.26. The first-order valence-electron chi connectivity index (χ1n) is 8.36. The summed E-state index contributed by atoms with van der Waals surface area (Å²) in [6.07, 6.45) is 13.8. The van der Waals surface area contributed by atoms with Crippen molar-refractivity contribution < 1.29 is 5.11 Å². The molecule has 0 amide bonds. The van der Waals surface area contributed by atoms with Gasteiger partial charge in [-0.25, -0.2) is 0 Å². The summed E-state index contributed by atoms with van der Waals surface area (Å²) in [6, 6.07) is 0. The molecule has 1 N–H and O–H groups in total. The predicted molar refractivity (Wildman–Crippen MR) is 85.6 cm³/mol. The molecule has 0 rings (SSSR count). The Morgan fingerprint density at radius 3 is 1.63 bits per heavy atom. The predicted octanol–water partition coefficient (Wildman–Crippen LogP) is 4.61. The fraction of sp³-hybridized carbons (Fsp3) is 1.00. The summed E-state index contributed by atoms with van der Waals surface area (Å²) in [4.78, 5) is 2.28. The van der Waals surface area contributed by atoms with Crippen LogP contribution in [0.4, 0.5) is 0 Å². The van der Waals surface area contributed by atoms with Crippen molar-refractivity contribution in [3.8, 4) is 0 Å². The molecule has 0 atom stereocenters. The fourth-order valence-corrected chi connectivity index (χ4v) is 2.26. The minimum Gasteiger partial charge on any atom is -0.394 e. The van der Waals surface area contributed by atoms with E-state index in [2.05, 4.69) is 32.7 Å². The molecule has 2 heteroatoms. The number of rotatable bonds is 13. The third-order valence-electron chi connectivity index (χ3n) is 4.27. The quantitative estimate of drug-likeness (QED) is 0.494. The zero-order chi connectivity index (χ0) is 14.6. The van der Waals surface area contributed by atoms with E-state index >= 15 is 0 Å². The van der Waals surface area contributed by atoms with Crippen molar-refractivity contribution in [2.75, 3.05) is 20.2 Å². The van der Waals surface area contributed by atoms with Crippen LogP contribution in [0.1, 0.15) is 85.0 Å². The van der Waals surface area contributed by atoms with Crippen LogP contribution in [0.3, 0.4) is 0 Å². The molecule has 0 unspecified atom stereocenters. The average Bonchev–Trinajstić information content (AvgIpc) is 2.40. The van der Waals surface area contributed by atoms with E-state index < -0.39 is 0 Å². The second kappa shape index (κ2) is 11.7. The van der Waals surface area contributed by atoms with Crippen LogP contribution in [-0.2, 0) is 0 Å². The summed E-state index contributed by atoms with van der Waals surface area (Å²) in [7, 11) is 2.12. The second-order valence-electron chi connectivity index (χ2n) is 6.57. The van der Waals surface area contributed by atoms with Crippen molar-refractivity contribution in [3.05, 3.63) is 0 Å². The topological polar surface area (TPSA) is 23.5 Å². The summed E-state index contributed by atoms with van der Waals surface area (Å²) < 4.78 is 0. The van der Waals surface area contributed by atoms with Crippen molar-refractivity contribution in [2.24, 2.45) is 0 Å². The van der Waals surface area contributed by atoms with Gasteiger partial charge in [0.15, 0.2) is 0 Å². The Bertz CT molecular complexity index is 192. The van der Waals surface area contributed by atoms with Crippen LogP contribution in [0, 0.1) is 0 Å². The zero-order valence-corrected chi connectivity index (χ0v) is 13.9. The lowest BCUT2D eigenvalue weighted by molar-refractivity contribution is 0.0776. The molecule has 0 aromatic carbocycles. The van der Waals surface area contributed by atoms with Crippen molar-refractivity contribution >= 4 is 0 Å². The van der Waals surface area contributed by atoms with Crippen LogP contribution >= 0.6 is 0 Å². The lowest BCUT2D eigenvalue weighted by Gasteiger charge is -2.33. The number of hydrogen-bond acceptors (Lipinski definition) is 2. The Morgan fingerprint density at radius 2 is 1.21 bits per heavy atom. The SMILES string of the molecule is CCCCCCCCCCCCN(C)C(C)(C)CO. The van der Waals surface area contributed by atoms with Crippen LogP contribution in [-0.4, -0.2) is 35.7 Å². The van der Waals surface area contributed by atoms with Crippen LogP contribution in [0.2, 0.25) is 0 Å². The maximum absolute atomic E-state index is 9.28. The van der Waals surface area contributed by atoms with Gasteiger partial charge in [0.25, 0.3) is 0 Å². The Labute approximate surface area is 121 Å². The van der Waals surface area contributed by atoms with Crippen LogP contribution in [0.25, 0.3) is 0 Å². The van der Waals surface area contributed by atoms with Crippen molar-refractivity contribution in [3.63, 3.8) is 0 Å². The highest BCUT2D eigenvalue weighted by Gasteiger charge is 2.21. The normalized spacial score (nSPS) is 12.3. The minimum atomic E-state index is -0.0702. The van der Waals surface area contributed by atoms with E-state index in [1.165, 1.54) is 64.2 Å². The molecular weight excluding hydrogens is 234 g/mol. The van der Waals surface area contributed by atoms with E-state index in [1.54, 1.807) is 0 Å². The highest BCUT2D eigenvalue weighted by Crippen LogP contribution is 2.14. The summed E-state index contributed by atoms with van der Waals surface area (Å²) in [5.74, 6) is 0. The largest absolute Gasteiger partial charge is 0.394 e. The van der Waals surface area contributed by atoms with Gasteiger partial charge in [-0.15, -0.1) is 0 Å². The number of aliphatic hydroxyl groups is 1. The van der Waals surface area contributed by atoms with Gasteiger partial charge in [-0.05, 0) is 33.9 Å². The summed E-state index contributed by atoms with van der Waals surface area (Å²) in [5.41, 5.74) is -0.0702. The maximum Gasteiger partial charge on any atom is 0.0609 e. The monoisotopic (exact) mass is 271 g/mol. The smallest absolute Gasteiger partial charge is 0.0609 e. The molecule has 0 aliphatic carbocycles. The van der Waals surface area contributed by atoms with Gasteiger partial charge < -0.3 is 5.11 Å². The molecule has 0 spiro atoms. The number of nitrogens with zero attached hydrogens (tertiary/aromatic N) is 1. The van der Waals surface area contributed by atoms with Gasteiger partial charge in [-0.3, -0.25) is 4.90 Å². The van der Waals surface area contributed by atoms with E-state index in [0.29, 0.717) is 0 Å². The van der Waals surface area contributed by atoms with E-state index in [4.69, 9.17) is 0 Å². The highest BCUT2D eigenvalue weighted by atomic mass is 16.3. The Morgan fingerprint density at radius 1 is 0.789 bits per heavy atom. The molecule has 19 heavy (non-hydrogen) atoms. The van der Waals surface area contributed by atoms with E-state index in [9.17, 15) is 5.11 Å². The number of aliphatic hydroxyl groups excluding tert-OH is 1. The summed E-state index contributed by atoms with van der Waals surface area (Å²) >= 11 is 0. The van der Waals surface area contributed by atoms with Crippen LogP contribution < -0.4 is 0 Å². The highest BCUT2D eigenvalue weighted by molar-refractivity contribution is 4.77. The number of unbranched alkanes of at least 4 members (excludes halogenated alkanes) is 9. The molecule has 0 aromatic rings. The Kier molecular flexibility index (Phi) is 11.7. The molecule has 0 saturated carbocycles. The lowest BCUT2D eigenvalue weighted by atomic mass is 10.0. The van der Waals surface area contributed by atoms with Crippen molar-refractivity contribution in [1.29, 1.82) is 0 Å². The molecule has 0 aliphatic rings. The van der Waals surface area contributed by atoms with E-state index in [-0.39, 0.29) is 12.1 Å². The molecule has 0 saturated heterocycles. The molecule has 116 valence electrons. The Balaban J connectivity index is 3.27. The van der Waals surface area contributed by atoms with Crippen LogP contribution in [0.15, 0.2) is 0 Å². The van der Waals surface area contributed by atoms with Gasteiger partial charge >= 0.3 is 0 Å². The molecule has 0 aromatic heterocycles. The standard InChI is InChI=1S/C17H37NO/c1-5-6-7-8-9-10-11-12-13-14-15-18(4)17(2,3)16-19/h19H,5-16H2,1-4H3. The number of hydrogen-bond donors (Lipinski definition) is 1. The van der Waals surface area contributed by atoms with Gasteiger partial charge in [0.1, 0.15) is 0 Å². The molecule has 0 heterocycles. The van der Waals surface area contributed by atoms with Gasteiger partial charge in [0.05, 0.1) is 6.61 Å². The first kappa shape index (κ1) is 18.9. The van der Waals surface area contributed by atoms with Gasteiger partial charge in [-0.1, -0.05) is 64.7 Å². The molecule has 2 nitrogen and oxygen atoms in total. The van der Waals surface area contributed by atoms with Gasteiger partial charge in [0, 0.05) is 5.54 Å². The van der Waals surface area contributed by atoms with Crippen LogP contribution in [0.5, 0.6) is 0 Å². The minimum absolute atomic E-state index is 0.0702. The lowest BCUT2D eigenvalue weighted by Crippen LogP contribution is -2.44. The summed E-state index contributed by atoms with van der Waals surface area (Å²) in [5, 5.41) is 9.28. The first-order chi connectivity index (χ1) is 9.04. The molecule has 0 bridgehead atoms. The van der Waals surface area contributed by atoms with Crippen molar-refractivity contribution in [2.45, 2.75) is 90.5 Å². The summed E-state index contributed by atoms with van der Waals surface area (Å²) in [6.45, 7) is 7.81. The maximum atomic E-state index is 9.28. The van der Waals surface area contributed by atoms with Gasteiger partial charge in [-0.2, -0.15) is 0 Å². The zero-order valence-electron chi connectivity index (χ0n) is 13.9. The first-order valence-corrected chi connectivity index (χ1v) is 8.36. The molecule has 0 radical (unpaired) electrons. The molecule has 0 aliphatic heterocycles. The van der Waals surface area contributed by atoms with Crippen molar-refractivity contribution in [1.82, 2.24) is 4.90 Å². The number of likely N-dealkylation sites (N-methyl/N-ethyl adjacent to an activating group) is 1. The molecule has 0 fully saturated rings. The second-order valence-corrected chi connectivity index (χ2v) is 6.57. The van der Waals surface area contributed by atoms with Gasteiger partial charge in [0.2, 0.25) is 0 Å². The van der Waals surface area contributed by atoms with E-state index in [1.807, 2.05) is 0 Å². The van der Waals surface area contributed by atoms with E-state index in [0.717, 1.165) is 6.54 Å². The molecular formula is C17H37NO. The Hall–Kier alpha value is -0.0800.